The Hall–Kier alpha value is -1.46. The van der Waals surface area contributed by atoms with Gasteiger partial charge >= 0.3 is 5.51 Å². The summed E-state index contributed by atoms with van der Waals surface area (Å²) in [4.78, 5) is 0.111. The van der Waals surface area contributed by atoms with E-state index in [0.29, 0.717) is 5.56 Å². The molecule has 2 aromatic rings. The third kappa shape index (κ3) is 4.51. The molecule has 0 aliphatic carbocycles. The molecule has 1 unspecified atom stereocenters. The molecule has 0 amide bonds. The Morgan fingerprint density at radius 2 is 1.43 bits per heavy atom. The summed E-state index contributed by atoms with van der Waals surface area (Å²) < 4.78 is 36.8. The van der Waals surface area contributed by atoms with E-state index in [2.05, 4.69) is 0 Å². The van der Waals surface area contributed by atoms with Gasteiger partial charge in [0.15, 0.2) is 0 Å². The number of hydrogen-bond acceptors (Lipinski definition) is 2. The lowest BCUT2D eigenvalue weighted by atomic mass is 10.00. The van der Waals surface area contributed by atoms with Crippen LogP contribution in [0.3, 0.4) is 0 Å². The van der Waals surface area contributed by atoms with Crippen molar-refractivity contribution >= 4 is 11.8 Å². The topological polar surface area (TPSA) is 20.2 Å². The van der Waals surface area contributed by atoms with Crippen molar-refractivity contribution in [3.63, 3.8) is 0 Å². The third-order valence-electron chi connectivity index (χ3n) is 3.13. The average Bonchev–Trinajstić information content (AvgIpc) is 2.46. The van der Waals surface area contributed by atoms with Crippen molar-refractivity contribution in [1.29, 1.82) is 0 Å². The van der Waals surface area contributed by atoms with Crippen LogP contribution in [0.5, 0.6) is 0 Å². The third-order valence-corrected chi connectivity index (χ3v) is 3.87. The maximum atomic E-state index is 12.3. The molecular formula is C16H15F3OS. The zero-order valence-corrected chi connectivity index (χ0v) is 12.2. The Balaban J connectivity index is 2.13. The first-order valence-corrected chi connectivity index (χ1v) is 7.33. The van der Waals surface area contributed by atoms with E-state index < -0.39 is 11.6 Å². The van der Waals surface area contributed by atoms with Crippen LogP contribution in [0.2, 0.25) is 0 Å². The van der Waals surface area contributed by atoms with Gasteiger partial charge in [-0.3, -0.25) is 0 Å². The number of benzene rings is 2. The lowest BCUT2D eigenvalue weighted by Gasteiger charge is -2.13. The van der Waals surface area contributed by atoms with Gasteiger partial charge in [0.1, 0.15) is 6.10 Å². The molecule has 21 heavy (non-hydrogen) atoms. The van der Waals surface area contributed by atoms with Gasteiger partial charge < -0.3 is 5.11 Å². The van der Waals surface area contributed by atoms with Crippen LogP contribution in [-0.4, -0.2) is 10.6 Å². The minimum atomic E-state index is -4.30. The molecule has 2 rings (SSSR count). The van der Waals surface area contributed by atoms with Crippen LogP contribution in [0.4, 0.5) is 13.2 Å². The van der Waals surface area contributed by atoms with Crippen LogP contribution in [0.15, 0.2) is 53.4 Å². The second kappa shape index (κ2) is 6.54. The van der Waals surface area contributed by atoms with Crippen molar-refractivity contribution in [1.82, 2.24) is 0 Å². The minimum Gasteiger partial charge on any atom is -0.384 e. The maximum absolute atomic E-state index is 12.3. The number of halogens is 3. The molecular weight excluding hydrogens is 297 g/mol. The largest absolute Gasteiger partial charge is 0.446 e. The van der Waals surface area contributed by atoms with Gasteiger partial charge in [-0.2, -0.15) is 13.2 Å². The molecule has 0 saturated heterocycles. The molecule has 2 aromatic carbocycles. The highest BCUT2D eigenvalue weighted by atomic mass is 32.2. The Labute approximate surface area is 125 Å². The van der Waals surface area contributed by atoms with E-state index in [-0.39, 0.29) is 16.7 Å². The molecule has 0 fully saturated rings. The normalized spacial score (nSPS) is 13.2. The van der Waals surface area contributed by atoms with Crippen LogP contribution >= 0.6 is 11.8 Å². The summed E-state index contributed by atoms with van der Waals surface area (Å²) in [7, 11) is 0. The van der Waals surface area contributed by atoms with Crippen molar-refractivity contribution in [3.05, 3.63) is 65.2 Å². The fourth-order valence-electron chi connectivity index (χ4n) is 1.98. The molecule has 0 bridgehead atoms. The number of aliphatic hydroxyl groups is 1. The molecule has 0 aromatic heterocycles. The number of aliphatic hydroxyl groups excluding tert-OH is 1. The predicted molar refractivity (Wildman–Crippen MR) is 78.2 cm³/mol. The van der Waals surface area contributed by atoms with Gasteiger partial charge in [-0.05, 0) is 47.0 Å². The van der Waals surface area contributed by atoms with Gasteiger partial charge in [-0.25, -0.2) is 0 Å². The molecule has 5 heteroatoms. The Kier molecular flexibility index (Phi) is 4.96. The summed E-state index contributed by atoms with van der Waals surface area (Å²) in [6.07, 6.45) is 0.0839. The summed E-state index contributed by atoms with van der Waals surface area (Å²) in [5.41, 5.74) is -1.83. The molecule has 0 spiro atoms. The van der Waals surface area contributed by atoms with Gasteiger partial charge in [0, 0.05) is 4.90 Å². The van der Waals surface area contributed by atoms with Gasteiger partial charge in [-0.1, -0.05) is 43.3 Å². The molecule has 0 aliphatic heterocycles. The summed E-state index contributed by atoms with van der Waals surface area (Å²) in [5, 5.41) is 10.2. The molecule has 0 saturated carbocycles. The van der Waals surface area contributed by atoms with E-state index in [1.807, 2.05) is 31.2 Å². The molecule has 1 N–H and O–H groups in total. The lowest BCUT2D eigenvalue weighted by Crippen LogP contribution is -2.01. The van der Waals surface area contributed by atoms with Crippen molar-refractivity contribution in [2.45, 2.75) is 29.9 Å². The smallest absolute Gasteiger partial charge is 0.384 e. The van der Waals surface area contributed by atoms with E-state index in [1.54, 1.807) is 0 Å². The second-order valence-electron chi connectivity index (χ2n) is 4.61. The van der Waals surface area contributed by atoms with Gasteiger partial charge in [0.25, 0.3) is 0 Å². The summed E-state index contributed by atoms with van der Waals surface area (Å²) in [5.74, 6) is 0. The highest BCUT2D eigenvalue weighted by molar-refractivity contribution is 8.00. The standard InChI is InChI=1S/C16H15F3OS/c1-2-11-3-5-12(6-4-11)15(20)13-7-9-14(10-8-13)21-16(17,18)19/h3-10,15,20H,2H2,1H3. The molecule has 1 atom stereocenters. The van der Waals surface area contributed by atoms with Gasteiger partial charge in [0.2, 0.25) is 0 Å². The number of alkyl halides is 3. The van der Waals surface area contributed by atoms with E-state index >= 15 is 0 Å². The van der Waals surface area contributed by atoms with Crippen molar-refractivity contribution in [2.24, 2.45) is 0 Å². The van der Waals surface area contributed by atoms with Crippen LogP contribution in [0.25, 0.3) is 0 Å². The Morgan fingerprint density at radius 3 is 1.86 bits per heavy atom. The highest BCUT2D eigenvalue weighted by Gasteiger charge is 2.29. The van der Waals surface area contributed by atoms with E-state index in [4.69, 9.17) is 0 Å². The van der Waals surface area contributed by atoms with E-state index in [1.165, 1.54) is 29.8 Å². The Bertz CT molecular complexity index is 576. The summed E-state index contributed by atoms with van der Waals surface area (Å²) in [6.45, 7) is 2.04. The van der Waals surface area contributed by atoms with E-state index in [9.17, 15) is 18.3 Å². The van der Waals surface area contributed by atoms with Crippen LogP contribution in [-0.2, 0) is 6.42 Å². The number of thioether (sulfide) groups is 1. The number of aryl methyl sites for hydroxylation is 1. The van der Waals surface area contributed by atoms with Gasteiger partial charge in [-0.15, -0.1) is 0 Å². The first-order valence-electron chi connectivity index (χ1n) is 6.51. The van der Waals surface area contributed by atoms with Crippen LogP contribution in [0.1, 0.15) is 29.7 Å². The van der Waals surface area contributed by atoms with E-state index in [0.717, 1.165) is 12.0 Å². The highest BCUT2D eigenvalue weighted by Crippen LogP contribution is 2.37. The first kappa shape index (κ1) is 15.9. The summed E-state index contributed by atoms with van der Waals surface area (Å²) in [6, 6.07) is 13.3. The van der Waals surface area contributed by atoms with Crippen LogP contribution in [0, 0.1) is 0 Å². The second-order valence-corrected chi connectivity index (χ2v) is 5.75. The quantitative estimate of drug-likeness (QED) is 0.807. The number of rotatable bonds is 4. The lowest BCUT2D eigenvalue weighted by molar-refractivity contribution is -0.0328. The molecule has 1 nitrogen and oxygen atoms in total. The minimum absolute atomic E-state index is 0.111. The van der Waals surface area contributed by atoms with Crippen LogP contribution < -0.4 is 0 Å². The molecule has 0 heterocycles. The summed E-state index contributed by atoms with van der Waals surface area (Å²) >= 11 is -0.160. The van der Waals surface area contributed by atoms with Crippen molar-refractivity contribution in [3.8, 4) is 0 Å². The maximum Gasteiger partial charge on any atom is 0.446 e. The van der Waals surface area contributed by atoms with Gasteiger partial charge in [0.05, 0.1) is 0 Å². The molecule has 112 valence electrons. The first-order chi connectivity index (χ1) is 9.89. The fraction of sp³-hybridized carbons (Fsp3) is 0.250. The van der Waals surface area contributed by atoms with Crippen molar-refractivity contribution in [2.75, 3.05) is 0 Å². The van der Waals surface area contributed by atoms with Crippen molar-refractivity contribution < 1.29 is 18.3 Å². The average molecular weight is 312 g/mol. The zero-order valence-electron chi connectivity index (χ0n) is 11.4. The molecule has 0 aliphatic rings. The SMILES string of the molecule is CCc1ccc(C(O)c2ccc(SC(F)(F)F)cc2)cc1. The fourth-order valence-corrected chi connectivity index (χ4v) is 2.52. The number of hydrogen-bond donors (Lipinski definition) is 1. The Morgan fingerprint density at radius 1 is 0.952 bits per heavy atom. The predicted octanol–water partition coefficient (Wildman–Crippen LogP) is 4.94. The molecule has 0 radical (unpaired) electrons. The monoisotopic (exact) mass is 312 g/mol. The zero-order chi connectivity index (χ0) is 15.5.